The molecule has 1 rings (SSSR count). The van der Waals surface area contributed by atoms with E-state index in [9.17, 15) is 14.7 Å². The fourth-order valence-electron chi connectivity index (χ4n) is 1.20. The van der Waals surface area contributed by atoms with Gasteiger partial charge in [0.2, 0.25) is 5.79 Å². The maximum Gasteiger partial charge on any atom is 0.333 e. The molecule has 2 unspecified atom stereocenters. The number of carbonyl (C=O) groups excluding carboxylic acids is 2. The van der Waals surface area contributed by atoms with E-state index in [1.165, 1.54) is 6.92 Å². The molecule has 1 saturated heterocycles. The minimum atomic E-state index is -1.91. The van der Waals surface area contributed by atoms with E-state index in [1.54, 1.807) is 0 Å². The predicted molar refractivity (Wildman–Crippen MR) is 61.4 cm³/mol. The summed E-state index contributed by atoms with van der Waals surface area (Å²) in [5.41, 5.74) is 0.190. The number of rotatable bonds is 7. The standard InChI is InChI=1S/C12H16O6/c1-4-10(13)18-12(15,5-9-6-16-9)7-17-11(14)8(2)3/h4,9,15H,1-2,5-7H2,3H3. The van der Waals surface area contributed by atoms with Crippen LogP contribution >= 0.6 is 0 Å². The normalized spacial score (nSPS) is 20.4. The maximum absolute atomic E-state index is 11.2. The van der Waals surface area contributed by atoms with Crippen molar-refractivity contribution in [2.24, 2.45) is 0 Å². The van der Waals surface area contributed by atoms with Crippen LogP contribution < -0.4 is 0 Å². The van der Waals surface area contributed by atoms with Gasteiger partial charge in [0.05, 0.1) is 12.7 Å². The molecule has 0 radical (unpaired) electrons. The van der Waals surface area contributed by atoms with E-state index in [0.717, 1.165) is 6.08 Å². The summed E-state index contributed by atoms with van der Waals surface area (Å²) < 4.78 is 14.5. The minimum Gasteiger partial charge on any atom is -0.455 e. The lowest BCUT2D eigenvalue weighted by Crippen LogP contribution is -2.41. The Kier molecular flexibility index (Phi) is 4.63. The van der Waals surface area contributed by atoms with Crippen LogP contribution in [0.2, 0.25) is 0 Å². The number of carbonyl (C=O) groups is 2. The predicted octanol–water partition coefficient (Wildman–Crippen LogP) is 0.312. The Morgan fingerprint density at radius 2 is 2.22 bits per heavy atom. The lowest BCUT2D eigenvalue weighted by molar-refractivity contribution is -0.227. The second-order valence-electron chi connectivity index (χ2n) is 4.09. The zero-order chi connectivity index (χ0) is 13.8. The van der Waals surface area contributed by atoms with E-state index in [2.05, 4.69) is 13.2 Å². The van der Waals surface area contributed by atoms with Crippen molar-refractivity contribution in [1.29, 1.82) is 0 Å². The molecule has 1 heterocycles. The number of epoxide rings is 1. The number of hydrogen-bond acceptors (Lipinski definition) is 6. The summed E-state index contributed by atoms with van der Waals surface area (Å²) in [6, 6.07) is 0. The van der Waals surface area contributed by atoms with Crippen LogP contribution in [0.1, 0.15) is 13.3 Å². The Labute approximate surface area is 105 Å². The molecule has 6 nitrogen and oxygen atoms in total. The van der Waals surface area contributed by atoms with Crippen LogP contribution in [0.5, 0.6) is 0 Å². The summed E-state index contributed by atoms with van der Waals surface area (Å²) in [5, 5.41) is 10.1. The summed E-state index contributed by atoms with van der Waals surface area (Å²) in [7, 11) is 0. The van der Waals surface area contributed by atoms with Gasteiger partial charge in [-0.1, -0.05) is 13.2 Å². The van der Waals surface area contributed by atoms with Gasteiger partial charge in [-0.2, -0.15) is 0 Å². The van der Waals surface area contributed by atoms with E-state index in [-0.39, 0.29) is 18.1 Å². The second kappa shape index (κ2) is 5.79. The smallest absolute Gasteiger partial charge is 0.333 e. The quantitative estimate of drug-likeness (QED) is 0.305. The molecule has 2 atom stereocenters. The fraction of sp³-hybridized carbons (Fsp3) is 0.500. The fourth-order valence-corrected chi connectivity index (χ4v) is 1.20. The number of hydrogen-bond donors (Lipinski definition) is 1. The molecule has 0 aromatic heterocycles. The lowest BCUT2D eigenvalue weighted by atomic mass is 10.1. The minimum absolute atomic E-state index is 0.0377. The number of esters is 2. The lowest BCUT2D eigenvalue weighted by Gasteiger charge is -2.26. The van der Waals surface area contributed by atoms with Crippen LogP contribution in [0.25, 0.3) is 0 Å². The van der Waals surface area contributed by atoms with Gasteiger partial charge in [0.15, 0.2) is 6.61 Å². The first kappa shape index (κ1) is 14.4. The highest BCUT2D eigenvalue weighted by molar-refractivity contribution is 5.87. The van der Waals surface area contributed by atoms with Gasteiger partial charge in [-0.3, -0.25) is 0 Å². The van der Waals surface area contributed by atoms with Gasteiger partial charge in [0.25, 0.3) is 0 Å². The molecule has 18 heavy (non-hydrogen) atoms. The first-order valence-electron chi connectivity index (χ1n) is 5.38. The summed E-state index contributed by atoms with van der Waals surface area (Å²) >= 11 is 0. The summed E-state index contributed by atoms with van der Waals surface area (Å²) in [5.74, 6) is -3.37. The van der Waals surface area contributed by atoms with Gasteiger partial charge in [-0.05, 0) is 6.92 Å². The van der Waals surface area contributed by atoms with Crippen LogP contribution in [-0.2, 0) is 23.8 Å². The van der Waals surface area contributed by atoms with Crippen LogP contribution in [0.3, 0.4) is 0 Å². The molecule has 100 valence electrons. The van der Waals surface area contributed by atoms with E-state index < -0.39 is 24.3 Å². The second-order valence-corrected chi connectivity index (χ2v) is 4.09. The third-order valence-electron chi connectivity index (χ3n) is 2.18. The van der Waals surface area contributed by atoms with Gasteiger partial charge in [0, 0.05) is 18.1 Å². The molecule has 0 bridgehead atoms. The highest BCUT2D eigenvalue weighted by atomic mass is 16.7. The van der Waals surface area contributed by atoms with Gasteiger partial charge >= 0.3 is 11.9 Å². The van der Waals surface area contributed by atoms with Crippen LogP contribution in [-0.4, -0.2) is 42.1 Å². The first-order valence-corrected chi connectivity index (χ1v) is 5.38. The Hall–Kier alpha value is -1.66. The Balaban J connectivity index is 2.58. The van der Waals surface area contributed by atoms with Crippen LogP contribution in [0.15, 0.2) is 24.8 Å². The van der Waals surface area contributed by atoms with Gasteiger partial charge < -0.3 is 19.3 Å². The molecule has 1 aliphatic heterocycles. The summed E-state index contributed by atoms with van der Waals surface area (Å²) in [4.78, 5) is 22.3. The molecule has 0 aromatic rings. The highest BCUT2D eigenvalue weighted by Gasteiger charge is 2.40. The van der Waals surface area contributed by atoms with Crippen molar-refractivity contribution in [2.75, 3.05) is 13.2 Å². The van der Waals surface area contributed by atoms with Gasteiger partial charge in [-0.15, -0.1) is 0 Å². The average molecular weight is 256 g/mol. The Morgan fingerprint density at radius 1 is 1.61 bits per heavy atom. The van der Waals surface area contributed by atoms with Crippen molar-refractivity contribution in [2.45, 2.75) is 25.2 Å². The monoisotopic (exact) mass is 256 g/mol. The van der Waals surface area contributed by atoms with Crippen molar-refractivity contribution in [3.63, 3.8) is 0 Å². The van der Waals surface area contributed by atoms with Gasteiger partial charge in [-0.25, -0.2) is 9.59 Å². The van der Waals surface area contributed by atoms with Crippen molar-refractivity contribution < 1.29 is 28.9 Å². The summed E-state index contributed by atoms with van der Waals surface area (Å²) in [6.07, 6.45) is 0.756. The molecule has 0 spiro atoms. The van der Waals surface area contributed by atoms with Crippen molar-refractivity contribution in [3.8, 4) is 0 Å². The van der Waals surface area contributed by atoms with E-state index in [0.29, 0.717) is 6.61 Å². The highest BCUT2D eigenvalue weighted by Crippen LogP contribution is 2.24. The number of aliphatic hydroxyl groups is 1. The molecule has 1 fully saturated rings. The third kappa shape index (κ3) is 4.68. The zero-order valence-electron chi connectivity index (χ0n) is 10.2. The van der Waals surface area contributed by atoms with E-state index in [4.69, 9.17) is 14.2 Å². The van der Waals surface area contributed by atoms with E-state index >= 15 is 0 Å². The van der Waals surface area contributed by atoms with Crippen molar-refractivity contribution >= 4 is 11.9 Å². The molecular formula is C12H16O6. The molecule has 6 heteroatoms. The van der Waals surface area contributed by atoms with Gasteiger partial charge in [0.1, 0.15) is 0 Å². The maximum atomic E-state index is 11.2. The van der Waals surface area contributed by atoms with Crippen LogP contribution in [0.4, 0.5) is 0 Å². The SMILES string of the molecule is C=CC(=O)OC(O)(COC(=O)C(=C)C)CC1CO1. The topological polar surface area (TPSA) is 85.4 Å². The molecule has 0 aromatic carbocycles. The van der Waals surface area contributed by atoms with Crippen molar-refractivity contribution in [1.82, 2.24) is 0 Å². The largest absolute Gasteiger partial charge is 0.455 e. The molecule has 1 aliphatic rings. The van der Waals surface area contributed by atoms with Crippen LogP contribution in [0, 0.1) is 0 Å². The Bertz CT molecular complexity index is 371. The molecule has 1 N–H and O–H groups in total. The third-order valence-corrected chi connectivity index (χ3v) is 2.18. The van der Waals surface area contributed by atoms with E-state index in [1.807, 2.05) is 0 Å². The molecular weight excluding hydrogens is 240 g/mol. The molecule has 0 saturated carbocycles. The molecule has 0 amide bonds. The zero-order valence-corrected chi connectivity index (χ0v) is 10.2. The first-order chi connectivity index (χ1) is 8.36. The van der Waals surface area contributed by atoms with Crippen molar-refractivity contribution in [3.05, 3.63) is 24.8 Å². The average Bonchev–Trinajstić information content (AvgIpc) is 3.09. The Morgan fingerprint density at radius 3 is 2.67 bits per heavy atom. The summed E-state index contributed by atoms with van der Waals surface area (Å²) in [6.45, 7) is 8.10. The number of ether oxygens (including phenoxy) is 3. The molecule has 0 aliphatic carbocycles.